The van der Waals surface area contributed by atoms with Crippen LogP contribution in [-0.2, 0) is 0 Å². The number of alkyl halides is 1. The maximum atomic E-state index is 14.1. The van der Waals surface area contributed by atoms with Crippen LogP contribution >= 0.6 is 0 Å². The third kappa shape index (κ3) is 3.15. The monoisotopic (exact) mass is 267 g/mol. The third-order valence-electron chi connectivity index (χ3n) is 3.49. The number of aromatic nitrogens is 1. The predicted octanol–water partition coefficient (Wildman–Crippen LogP) is 1.88. The van der Waals surface area contributed by atoms with Crippen molar-refractivity contribution in [2.24, 2.45) is 0 Å². The number of hydrogen-bond donors (Lipinski definition) is 1. The molecule has 1 aromatic rings. The fourth-order valence-corrected chi connectivity index (χ4v) is 2.55. The van der Waals surface area contributed by atoms with Gasteiger partial charge < -0.3 is 14.8 Å². The van der Waals surface area contributed by atoms with Crippen molar-refractivity contribution in [3.8, 4) is 0 Å². The molecule has 2 atom stereocenters. The second-order valence-electron chi connectivity index (χ2n) is 5.57. The van der Waals surface area contributed by atoms with Gasteiger partial charge in [0.2, 0.25) is 0 Å². The first-order valence-electron chi connectivity index (χ1n) is 6.79. The van der Waals surface area contributed by atoms with Crippen molar-refractivity contribution in [1.29, 1.82) is 0 Å². The Balaban J connectivity index is 2.27. The Morgan fingerprint density at radius 3 is 2.84 bits per heavy atom. The van der Waals surface area contributed by atoms with Crippen LogP contribution in [0.4, 0.5) is 10.1 Å². The number of pyridine rings is 1. The van der Waals surface area contributed by atoms with E-state index in [9.17, 15) is 9.18 Å². The van der Waals surface area contributed by atoms with Gasteiger partial charge >= 0.3 is 0 Å². The summed E-state index contributed by atoms with van der Waals surface area (Å²) in [5.41, 5.74) is 0.414. The maximum absolute atomic E-state index is 14.1. The minimum atomic E-state index is -0.995. The van der Waals surface area contributed by atoms with Crippen LogP contribution in [0.25, 0.3) is 0 Å². The highest BCUT2D eigenvalue weighted by Crippen LogP contribution is 2.23. The molecule has 0 bridgehead atoms. The van der Waals surface area contributed by atoms with Crippen molar-refractivity contribution >= 4 is 5.69 Å². The van der Waals surface area contributed by atoms with E-state index in [1.165, 1.54) is 0 Å². The number of anilines is 1. The topological polar surface area (TPSA) is 37.3 Å². The van der Waals surface area contributed by atoms with Crippen molar-refractivity contribution < 1.29 is 4.39 Å². The first kappa shape index (κ1) is 14.1. The molecule has 19 heavy (non-hydrogen) atoms. The molecule has 0 saturated carbocycles. The van der Waals surface area contributed by atoms with Crippen LogP contribution in [0.2, 0.25) is 0 Å². The normalized spacial score (nSPS) is 24.7. The van der Waals surface area contributed by atoms with Crippen LogP contribution in [0, 0.1) is 0 Å². The van der Waals surface area contributed by atoms with Gasteiger partial charge in [-0.2, -0.15) is 0 Å². The van der Waals surface area contributed by atoms with E-state index < -0.39 is 6.17 Å². The first-order valence-corrected chi connectivity index (χ1v) is 6.79. The van der Waals surface area contributed by atoms with Crippen molar-refractivity contribution in [1.82, 2.24) is 9.47 Å². The molecule has 1 aliphatic heterocycles. The highest BCUT2D eigenvalue weighted by Gasteiger charge is 2.29. The number of rotatable bonds is 3. The van der Waals surface area contributed by atoms with Gasteiger partial charge in [0.1, 0.15) is 11.9 Å². The molecule has 0 aliphatic carbocycles. The first-order chi connectivity index (χ1) is 8.99. The van der Waals surface area contributed by atoms with Crippen molar-refractivity contribution in [3.63, 3.8) is 0 Å². The molecule has 0 amide bonds. The number of hydrogen-bond acceptors (Lipinski definition) is 3. The van der Waals surface area contributed by atoms with Gasteiger partial charge in [-0.25, -0.2) is 4.39 Å². The zero-order valence-electron chi connectivity index (χ0n) is 11.8. The molecule has 0 spiro atoms. The van der Waals surface area contributed by atoms with Gasteiger partial charge in [-0.15, -0.1) is 0 Å². The van der Waals surface area contributed by atoms with Crippen LogP contribution in [-0.4, -0.2) is 41.8 Å². The summed E-state index contributed by atoms with van der Waals surface area (Å²) >= 11 is 0. The Morgan fingerprint density at radius 1 is 1.47 bits per heavy atom. The number of halogens is 1. The van der Waals surface area contributed by atoms with E-state index in [1.807, 2.05) is 25.8 Å². The van der Waals surface area contributed by atoms with E-state index in [0.717, 1.165) is 6.54 Å². The molecule has 1 fully saturated rings. The predicted molar refractivity (Wildman–Crippen MR) is 75.5 cm³/mol. The lowest BCUT2D eigenvalue weighted by molar-refractivity contribution is 0.105. The summed E-state index contributed by atoms with van der Waals surface area (Å²) in [6, 6.07) is 3.39. The number of nitrogens with one attached hydrogen (secondary N) is 1. The molecule has 5 heteroatoms. The van der Waals surface area contributed by atoms with Gasteiger partial charge in [-0.05, 0) is 39.4 Å². The molecule has 1 saturated heterocycles. The summed E-state index contributed by atoms with van der Waals surface area (Å²) in [5, 5.41) is 3.11. The molecule has 2 rings (SSSR count). The highest BCUT2D eigenvalue weighted by atomic mass is 19.1. The summed E-state index contributed by atoms with van der Waals surface area (Å²) in [4.78, 5) is 14.3. The Morgan fingerprint density at radius 2 is 2.21 bits per heavy atom. The summed E-state index contributed by atoms with van der Waals surface area (Å²) in [6.07, 6.45) is 1.37. The molecule has 1 N–H and O–H groups in total. The minimum Gasteiger partial charge on any atom is -0.378 e. The van der Waals surface area contributed by atoms with Crippen molar-refractivity contribution in [3.05, 3.63) is 28.7 Å². The van der Waals surface area contributed by atoms with Crippen molar-refractivity contribution in [2.75, 3.05) is 25.5 Å². The Labute approximate surface area is 113 Å². The molecule has 106 valence electrons. The summed E-state index contributed by atoms with van der Waals surface area (Å²) in [7, 11) is 1.91. The third-order valence-corrected chi connectivity index (χ3v) is 3.49. The Bertz CT molecular complexity index is 486. The van der Waals surface area contributed by atoms with Gasteiger partial charge in [-0.3, -0.25) is 4.79 Å². The molecule has 0 radical (unpaired) electrons. The standard InChI is InChI=1S/C14H22FN3O/c1-10(2)16-12-5-4-7-18(14(12)19)13-6-8-17(3)9-11(13)15/h4-5,7,10-11,13,16H,6,8-9H2,1-3H3/t11-,13-/m1/s1. The highest BCUT2D eigenvalue weighted by molar-refractivity contribution is 5.41. The second-order valence-corrected chi connectivity index (χ2v) is 5.57. The second kappa shape index (κ2) is 5.74. The van der Waals surface area contributed by atoms with Gasteiger partial charge in [0.05, 0.1) is 6.04 Å². The van der Waals surface area contributed by atoms with Crippen LogP contribution < -0.4 is 10.9 Å². The number of likely N-dealkylation sites (tertiary alicyclic amines) is 1. The van der Waals surface area contributed by atoms with E-state index in [0.29, 0.717) is 18.7 Å². The smallest absolute Gasteiger partial charge is 0.274 e. The lowest BCUT2D eigenvalue weighted by Gasteiger charge is -2.33. The molecule has 4 nitrogen and oxygen atoms in total. The van der Waals surface area contributed by atoms with E-state index in [1.54, 1.807) is 22.9 Å². The van der Waals surface area contributed by atoms with Crippen LogP contribution in [0.15, 0.2) is 23.1 Å². The molecule has 0 aromatic carbocycles. The zero-order valence-corrected chi connectivity index (χ0v) is 11.8. The lowest BCUT2D eigenvalue weighted by Crippen LogP contribution is -2.43. The van der Waals surface area contributed by atoms with Crippen LogP contribution in [0.5, 0.6) is 0 Å². The molecular formula is C14H22FN3O. The average Bonchev–Trinajstić information content (AvgIpc) is 2.32. The van der Waals surface area contributed by atoms with Crippen LogP contribution in [0.1, 0.15) is 26.3 Å². The van der Waals surface area contributed by atoms with E-state index in [4.69, 9.17) is 0 Å². The van der Waals surface area contributed by atoms with Gasteiger partial charge in [0, 0.05) is 25.3 Å². The summed E-state index contributed by atoms with van der Waals surface area (Å²) in [5.74, 6) is 0. The molecule has 0 unspecified atom stereocenters. The number of nitrogens with zero attached hydrogens (tertiary/aromatic N) is 2. The number of piperidine rings is 1. The molecule has 2 heterocycles. The zero-order chi connectivity index (χ0) is 14.0. The van der Waals surface area contributed by atoms with E-state index >= 15 is 0 Å². The van der Waals surface area contributed by atoms with E-state index in [-0.39, 0.29) is 17.6 Å². The fourth-order valence-electron chi connectivity index (χ4n) is 2.55. The lowest BCUT2D eigenvalue weighted by atomic mass is 10.0. The quantitative estimate of drug-likeness (QED) is 0.908. The average molecular weight is 267 g/mol. The molecular weight excluding hydrogens is 245 g/mol. The largest absolute Gasteiger partial charge is 0.378 e. The van der Waals surface area contributed by atoms with E-state index in [2.05, 4.69) is 5.32 Å². The summed E-state index contributed by atoms with van der Waals surface area (Å²) < 4.78 is 15.7. The SMILES string of the molecule is CC(C)Nc1cccn([C@@H]2CCN(C)C[C@H]2F)c1=O. The summed E-state index contributed by atoms with van der Waals surface area (Å²) in [6.45, 7) is 5.16. The molecule has 1 aromatic heterocycles. The Kier molecular flexibility index (Phi) is 4.24. The maximum Gasteiger partial charge on any atom is 0.274 e. The fraction of sp³-hybridized carbons (Fsp3) is 0.643. The van der Waals surface area contributed by atoms with Crippen molar-refractivity contribution in [2.45, 2.75) is 38.5 Å². The van der Waals surface area contributed by atoms with Gasteiger partial charge in [0.25, 0.3) is 5.56 Å². The van der Waals surface area contributed by atoms with Crippen LogP contribution in [0.3, 0.4) is 0 Å². The Hall–Kier alpha value is -1.36. The minimum absolute atomic E-state index is 0.131. The molecule has 1 aliphatic rings. The van der Waals surface area contributed by atoms with Gasteiger partial charge in [-0.1, -0.05) is 0 Å². The van der Waals surface area contributed by atoms with Gasteiger partial charge in [0.15, 0.2) is 0 Å².